The van der Waals surface area contributed by atoms with Gasteiger partial charge in [-0.3, -0.25) is 19.6 Å². The third kappa shape index (κ3) is 6.00. The molecule has 3 N–H and O–H groups in total. The van der Waals surface area contributed by atoms with Gasteiger partial charge in [-0.05, 0) is 55.2 Å². The van der Waals surface area contributed by atoms with Crippen LogP contribution in [-0.2, 0) is 22.9 Å². The van der Waals surface area contributed by atoms with Crippen molar-refractivity contribution in [3.63, 3.8) is 0 Å². The molecule has 0 aliphatic rings. The van der Waals surface area contributed by atoms with Gasteiger partial charge in [0, 0.05) is 17.6 Å². The normalized spacial score (nSPS) is 11.6. The summed E-state index contributed by atoms with van der Waals surface area (Å²) in [5, 5.41) is 6.06. The maximum Gasteiger partial charge on any atom is 0.280 e. The number of hydrogen-bond donors (Lipinski definition) is 3. The lowest BCUT2D eigenvalue weighted by atomic mass is 10.1. The van der Waals surface area contributed by atoms with Crippen LogP contribution in [0.15, 0.2) is 82.6 Å². The van der Waals surface area contributed by atoms with E-state index < -0.39 is 10.0 Å². The largest absolute Gasteiger partial charge is 0.370 e. The number of anilines is 2. The quantitative estimate of drug-likeness (QED) is 0.253. The zero-order valence-corrected chi connectivity index (χ0v) is 22.0. The molecule has 0 aliphatic heterocycles. The van der Waals surface area contributed by atoms with Gasteiger partial charge in [-0.25, -0.2) is 13.1 Å². The van der Waals surface area contributed by atoms with Crippen molar-refractivity contribution >= 4 is 33.3 Å². The zero-order valence-electron chi connectivity index (χ0n) is 21.2. The molecule has 37 heavy (non-hydrogen) atoms. The van der Waals surface area contributed by atoms with E-state index in [4.69, 9.17) is 0 Å². The average molecular weight is 518 g/mol. The van der Waals surface area contributed by atoms with Crippen molar-refractivity contribution in [2.75, 3.05) is 15.9 Å². The lowest BCUT2D eigenvalue weighted by molar-refractivity contribution is 0.602. The van der Waals surface area contributed by atoms with Crippen molar-refractivity contribution in [3.8, 4) is 5.69 Å². The van der Waals surface area contributed by atoms with Crippen LogP contribution in [0.2, 0.25) is 0 Å². The second-order valence-corrected chi connectivity index (χ2v) is 10.3. The van der Waals surface area contributed by atoms with E-state index in [9.17, 15) is 13.2 Å². The molecule has 0 spiro atoms. The van der Waals surface area contributed by atoms with Crippen LogP contribution in [0, 0.1) is 6.92 Å². The number of rotatable bonds is 10. The first kappa shape index (κ1) is 26.0. The monoisotopic (exact) mass is 517 g/mol. The smallest absolute Gasteiger partial charge is 0.280 e. The number of benzene rings is 3. The van der Waals surface area contributed by atoms with Gasteiger partial charge in [-0.2, -0.15) is 0 Å². The number of sulfonamides is 1. The van der Waals surface area contributed by atoms with Crippen LogP contribution in [0.4, 0.5) is 17.1 Å². The van der Waals surface area contributed by atoms with Crippen molar-refractivity contribution in [1.82, 2.24) is 9.78 Å². The molecule has 0 bridgehead atoms. The molecular formula is C28H31N5O3S. The van der Waals surface area contributed by atoms with E-state index in [1.807, 2.05) is 55.5 Å². The average Bonchev–Trinajstić information content (AvgIpc) is 3.19. The number of aromatic nitrogens is 2. The Morgan fingerprint density at radius 3 is 2.24 bits per heavy atom. The standard InChI is InChI=1S/C28H31N5O3S/c1-4-21-12-6-8-14-24(21)29-18-23-20(3)31-33(28(23)34)27-17-11-10-16-26(27)32-37(35,36)19-30-25-15-9-7-13-22(25)5-2/h6-18,30-32H,4-5,19H2,1-3H3. The molecule has 192 valence electrons. The molecule has 0 saturated carbocycles. The molecule has 0 radical (unpaired) electrons. The summed E-state index contributed by atoms with van der Waals surface area (Å²) in [7, 11) is -3.78. The van der Waals surface area contributed by atoms with Gasteiger partial charge < -0.3 is 5.32 Å². The third-order valence-electron chi connectivity index (χ3n) is 6.08. The van der Waals surface area contributed by atoms with Gasteiger partial charge in [-0.1, -0.05) is 62.4 Å². The van der Waals surface area contributed by atoms with Gasteiger partial charge in [0.25, 0.3) is 15.6 Å². The molecule has 1 heterocycles. The molecule has 0 atom stereocenters. The number of para-hydroxylation sites is 4. The number of aryl methyl sites for hydroxylation is 3. The second kappa shape index (κ2) is 11.3. The predicted octanol–water partition coefficient (Wildman–Crippen LogP) is 5.16. The highest BCUT2D eigenvalue weighted by molar-refractivity contribution is 7.92. The fraction of sp³-hybridized carbons (Fsp3) is 0.214. The number of H-pyrrole nitrogens is 1. The van der Waals surface area contributed by atoms with E-state index >= 15 is 0 Å². The first-order chi connectivity index (χ1) is 17.8. The van der Waals surface area contributed by atoms with E-state index in [-0.39, 0.29) is 17.1 Å². The summed E-state index contributed by atoms with van der Waals surface area (Å²) in [6.45, 7) is 5.85. The Kier molecular flexibility index (Phi) is 7.93. The summed E-state index contributed by atoms with van der Waals surface area (Å²) in [6.07, 6.45) is 3.17. The van der Waals surface area contributed by atoms with Crippen molar-refractivity contribution in [3.05, 3.63) is 106 Å². The third-order valence-corrected chi connectivity index (χ3v) is 7.14. The summed E-state index contributed by atoms with van der Waals surface area (Å²) >= 11 is 0. The number of aromatic amines is 1. The van der Waals surface area contributed by atoms with Crippen molar-refractivity contribution in [2.45, 2.75) is 33.6 Å². The van der Waals surface area contributed by atoms with Crippen LogP contribution in [-0.4, -0.2) is 30.3 Å². The molecule has 0 amide bonds. The Hall–Kier alpha value is -4.11. The van der Waals surface area contributed by atoms with Gasteiger partial charge >= 0.3 is 0 Å². The van der Waals surface area contributed by atoms with E-state index in [1.165, 1.54) is 4.68 Å². The minimum atomic E-state index is -3.78. The maximum atomic E-state index is 13.3. The minimum Gasteiger partial charge on any atom is -0.370 e. The molecule has 0 saturated heterocycles. The van der Waals surface area contributed by atoms with Gasteiger partial charge in [0.15, 0.2) is 0 Å². The minimum absolute atomic E-state index is 0.288. The topological polar surface area (TPSA) is 108 Å². The SMILES string of the molecule is CCc1ccccc1N=Cc1c(C)[nH]n(-c2ccccc2NS(=O)(=O)CNc2ccccc2CC)c1=O. The van der Waals surface area contributed by atoms with E-state index in [0.717, 1.165) is 35.3 Å². The van der Waals surface area contributed by atoms with Gasteiger partial charge in [0.1, 0.15) is 5.88 Å². The molecule has 0 unspecified atom stereocenters. The molecule has 1 aromatic heterocycles. The van der Waals surface area contributed by atoms with E-state index in [0.29, 0.717) is 16.9 Å². The Morgan fingerprint density at radius 1 is 0.892 bits per heavy atom. The highest BCUT2D eigenvalue weighted by Gasteiger charge is 2.18. The Morgan fingerprint density at radius 2 is 1.51 bits per heavy atom. The Balaban J connectivity index is 1.60. The van der Waals surface area contributed by atoms with E-state index in [2.05, 4.69) is 27.1 Å². The fourth-order valence-electron chi connectivity index (χ4n) is 4.08. The first-order valence-corrected chi connectivity index (χ1v) is 13.8. The number of aliphatic imine (C=N–C) groups is 1. The van der Waals surface area contributed by atoms with Gasteiger partial charge in [-0.15, -0.1) is 0 Å². The Bertz CT molecular complexity index is 1590. The van der Waals surface area contributed by atoms with Crippen LogP contribution in [0.5, 0.6) is 0 Å². The molecule has 0 aliphatic carbocycles. The predicted molar refractivity (Wildman–Crippen MR) is 151 cm³/mol. The lowest BCUT2D eigenvalue weighted by Crippen LogP contribution is -2.24. The zero-order chi connectivity index (χ0) is 26.4. The molecule has 9 heteroatoms. The van der Waals surface area contributed by atoms with Crippen molar-refractivity contribution < 1.29 is 8.42 Å². The van der Waals surface area contributed by atoms with Crippen LogP contribution in [0.3, 0.4) is 0 Å². The fourth-order valence-corrected chi connectivity index (χ4v) is 5.01. The van der Waals surface area contributed by atoms with Crippen LogP contribution >= 0.6 is 0 Å². The van der Waals surface area contributed by atoms with Crippen molar-refractivity contribution in [2.24, 2.45) is 4.99 Å². The molecular weight excluding hydrogens is 486 g/mol. The van der Waals surface area contributed by atoms with Crippen LogP contribution in [0.1, 0.15) is 36.2 Å². The molecule has 4 rings (SSSR count). The summed E-state index contributed by atoms with van der Waals surface area (Å²) in [5.74, 6) is -0.314. The summed E-state index contributed by atoms with van der Waals surface area (Å²) in [4.78, 5) is 17.9. The maximum absolute atomic E-state index is 13.3. The highest BCUT2D eigenvalue weighted by Crippen LogP contribution is 2.22. The molecule has 0 fully saturated rings. The van der Waals surface area contributed by atoms with E-state index in [1.54, 1.807) is 37.4 Å². The Labute approximate surface area is 217 Å². The van der Waals surface area contributed by atoms with Crippen LogP contribution < -0.4 is 15.6 Å². The van der Waals surface area contributed by atoms with Crippen LogP contribution in [0.25, 0.3) is 5.69 Å². The first-order valence-electron chi connectivity index (χ1n) is 12.2. The molecule has 3 aromatic carbocycles. The second-order valence-electron chi connectivity index (χ2n) is 8.60. The molecule has 4 aromatic rings. The van der Waals surface area contributed by atoms with Crippen molar-refractivity contribution in [1.29, 1.82) is 0 Å². The number of hydrogen-bond acceptors (Lipinski definition) is 5. The summed E-state index contributed by atoms with van der Waals surface area (Å²) in [5.41, 5.74) is 5.08. The van der Waals surface area contributed by atoms with Gasteiger partial charge in [0.05, 0.1) is 22.6 Å². The van der Waals surface area contributed by atoms with Gasteiger partial charge in [0.2, 0.25) is 0 Å². The summed E-state index contributed by atoms with van der Waals surface area (Å²) in [6, 6.07) is 22.1. The lowest BCUT2D eigenvalue weighted by Gasteiger charge is -2.15. The number of nitrogens with zero attached hydrogens (tertiary/aromatic N) is 2. The molecule has 8 nitrogen and oxygen atoms in total. The summed E-state index contributed by atoms with van der Waals surface area (Å²) < 4.78 is 29.8. The number of nitrogens with one attached hydrogen (secondary N) is 3. The highest BCUT2D eigenvalue weighted by atomic mass is 32.2.